The van der Waals surface area contributed by atoms with Crippen LogP contribution in [0, 0.1) is 6.92 Å². The van der Waals surface area contributed by atoms with E-state index in [1.54, 1.807) is 12.1 Å². The van der Waals surface area contributed by atoms with Crippen LogP contribution in [0.4, 0.5) is 14.5 Å². The number of ether oxygens (including phenoxy) is 2. The molecule has 7 heteroatoms. The van der Waals surface area contributed by atoms with Crippen LogP contribution in [-0.2, 0) is 9.53 Å². The molecule has 1 amide bonds. The summed E-state index contributed by atoms with van der Waals surface area (Å²) in [5.41, 5.74) is 1.64. The van der Waals surface area contributed by atoms with Crippen LogP contribution in [0.3, 0.4) is 0 Å². The molecule has 0 spiro atoms. The fraction of sp³-hybridized carbons (Fsp3) is 0.176. The SMILES string of the molecule is Cc1ccccc1NC(=O)COC(=O)c1ccc(OC(F)F)cc1. The number of aryl methyl sites for hydroxylation is 1. The number of hydrogen-bond donors (Lipinski definition) is 1. The lowest BCUT2D eigenvalue weighted by atomic mass is 10.2. The first-order valence-corrected chi connectivity index (χ1v) is 7.03. The largest absolute Gasteiger partial charge is 0.452 e. The summed E-state index contributed by atoms with van der Waals surface area (Å²) in [6.07, 6.45) is 0. The van der Waals surface area contributed by atoms with Gasteiger partial charge in [0.05, 0.1) is 5.56 Å². The lowest BCUT2D eigenvalue weighted by Gasteiger charge is -2.09. The van der Waals surface area contributed by atoms with Crippen molar-refractivity contribution >= 4 is 17.6 Å². The van der Waals surface area contributed by atoms with E-state index in [-0.39, 0.29) is 11.3 Å². The molecular formula is C17H15F2NO4. The Morgan fingerprint density at radius 2 is 1.75 bits per heavy atom. The topological polar surface area (TPSA) is 64.6 Å². The van der Waals surface area contributed by atoms with Crippen LogP contribution in [0.1, 0.15) is 15.9 Å². The highest BCUT2D eigenvalue weighted by Gasteiger charge is 2.12. The van der Waals surface area contributed by atoms with Gasteiger partial charge in [0, 0.05) is 5.69 Å². The number of carbonyl (C=O) groups is 2. The maximum Gasteiger partial charge on any atom is 0.387 e. The minimum atomic E-state index is -2.94. The molecule has 0 aromatic heterocycles. The molecule has 2 aromatic carbocycles. The molecule has 0 bridgehead atoms. The number of amides is 1. The van der Waals surface area contributed by atoms with Crippen LogP contribution in [0.15, 0.2) is 48.5 Å². The average Bonchev–Trinajstić information content (AvgIpc) is 2.55. The van der Waals surface area contributed by atoms with Crippen molar-refractivity contribution in [2.24, 2.45) is 0 Å². The Labute approximate surface area is 137 Å². The number of alkyl halides is 2. The first-order chi connectivity index (χ1) is 11.5. The fourth-order valence-electron chi connectivity index (χ4n) is 1.89. The Hall–Kier alpha value is -2.96. The van der Waals surface area contributed by atoms with Crippen molar-refractivity contribution in [2.75, 3.05) is 11.9 Å². The van der Waals surface area contributed by atoms with E-state index in [1.165, 1.54) is 24.3 Å². The second-order valence-corrected chi connectivity index (χ2v) is 4.84. The van der Waals surface area contributed by atoms with Gasteiger partial charge in [0.2, 0.25) is 0 Å². The van der Waals surface area contributed by atoms with Crippen LogP contribution in [0.25, 0.3) is 0 Å². The summed E-state index contributed by atoms with van der Waals surface area (Å²) in [4.78, 5) is 23.6. The molecule has 2 aromatic rings. The molecule has 5 nitrogen and oxygen atoms in total. The summed E-state index contributed by atoms with van der Waals surface area (Å²) in [7, 11) is 0. The zero-order valence-corrected chi connectivity index (χ0v) is 12.8. The molecule has 1 N–H and O–H groups in total. The number of carbonyl (C=O) groups excluding carboxylic acids is 2. The summed E-state index contributed by atoms with van der Waals surface area (Å²) >= 11 is 0. The molecular weight excluding hydrogens is 320 g/mol. The summed E-state index contributed by atoms with van der Waals surface area (Å²) in [6.45, 7) is -1.56. The Balaban J connectivity index is 1.86. The van der Waals surface area contributed by atoms with E-state index in [9.17, 15) is 18.4 Å². The van der Waals surface area contributed by atoms with Crippen LogP contribution in [0.5, 0.6) is 5.75 Å². The summed E-state index contributed by atoms with van der Waals surface area (Å²) < 4.78 is 33.1. The van der Waals surface area contributed by atoms with E-state index in [4.69, 9.17) is 4.74 Å². The molecule has 2 rings (SSSR count). The number of para-hydroxylation sites is 1. The predicted molar refractivity (Wildman–Crippen MR) is 83.2 cm³/mol. The molecule has 0 saturated carbocycles. The van der Waals surface area contributed by atoms with Gasteiger partial charge in [-0.1, -0.05) is 18.2 Å². The zero-order valence-electron chi connectivity index (χ0n) is 12.8. The number of halogens is 2. The van der Waals surface area contributed by atoms with Crippen molar-refractivity contribution in [1.82, 2.24) is 0 Å². The maximum absolute atomic E-state index is 12.0. The van der Waals surface area contributed by atoms with E-state index in [2.05, 4.69) is 10.1 Å². The van der Waals surface area contributed by atoms with Crippen LogP contribution >= 0.6 is 0 Å². The third-order valence-electron chi connectivity index (χ3n) is 3.07. The highest BCUT2D eigenvalue weighted by molar-refractivity contribution is 5.95. The van der Waals surface area contributed by atoms with Crippen molar-refractivity contribution in [3.8, 4) is 5.75 Å². The van der Waals surface area contributed by atoms with Gasteiger partial charge in [0.25, 0.3) is 5.91 Å². The Morgan fingerprint density at radius 3 is 2.38 bits per heavy atom. The molecule has 0 fully saturated rings. The molecule has 0 aliphatic carbocycles. The van der Waals surface area contributed by atoms with E-state index < -0.39 is 25.1 Å². The molecule has 24 heavy (non-hydrogen) atoms. The summed E-state index contributed by atoms with van der Waals surface area (Å²) in [5, 5.41) is 2.63. The second kappa shape index (κ2) is 8.05. The van der Waals surface area contributed by atoms with Gasteiger partial charge in [-0.2, -0.15) is 8.78 Å². The first-order valence-electron chi connectivity index (χ1n) is 7.03. The standard InChI is InChI=1S/C17H15F2NO4/c1-11-4-2-3-5-14(11)20-15(21)10-23-16(22)12-6-8-13(9-7-12)24-17(18)19/h2-9,17H,10H2,1H3,(H,20,21). The highest BCUT2D eigenvalue weighted by atomic mass is 19.3. The number of rotatable bonds is 6. The van der Waals surface area contributed by atoms with Crippen molar-refractivity contribution in [3.05, 3.63) is 59.7 Å². The molecule has 126 valence electrons. The summed E-state index contributed by atoms with van der Waals surface area (Å²) in [5.74, 6) is -1.28. The second-order valence-electron chi connectivity index (χ2n) is 4.84. The Kier molecular flexibility index (Phi) is 5.83. The quantitative estimate of drug-likeness (QED) is 0.822. The lowest BCUT2D eigenvalue weighted by Crippen LogP contribution is -2.21. The van der Waals surface area contributed by atoms with Gasteiger partial charge >= 0.3 is 12.6 Å². The van der Waals surface area contributed by atoms with E-state index in [0.29, 0.717) is 5.69 Å². The van der Waals surface area contributed by atoms with Gasteiger partial charge < -0.3 is 14.8 Å². The van der Waals surface area contributed by atoms with E-state index in [0.717, 1.165) is 5.56 Å². The highest BCUT2D eigenvalue weighted by Crippen LogP contribution is 2.16. The van der Waals surface area contributed by atoms with Crippen LogP contribution in [-0.4, -0.2) is 25.1 Å². The van der Waals surface area contributed by atoms with E-state index in [1.807, 2.05) is 19.1 Å². The zero-order chi connectivity index (χ0) is 17.5. The third-order valence-corrected chi connectivity index (χ3v) is 3.07. The molecule has 0 aliphatic heterocycles. The normalized spacial score (nSPS) is 10.3. The maximum atomic E-state index is 12.0. The number of nitrogens with one attached hydrogen (secondary N) is 1. The van der Waals surface area contributed by atoms with Crippen molar-refractivity contribution < 1.29 is 27.8 Å². The number of anilines is 1. The molecule has 0 heterocycles. The number of esters is 1. The molecule has 0 aliphatic rings. The number of benzene rings is 2. The minimum Gasteiger partial charge on any atom is -0.452 e. The van der Waals surface area contributed by atoms with Crippen molar-refractivity contribution in [1.29, 1.82) is 0 Å². The fourth-order valence-corrected chi connectivity index (χ4v) is 1.89. The lowest BCUT2D eigenvalue weighted by molar-refractivity contribution is -0.119. The minimum absolute atomic E-state index is 0.0705. The summed E-state index contributed by atoms with van der Waals surface area (Å²) in [6, 6.07) is 12.2. The Morgan fingerprint density at radius 1 is 1.08 bits per heavy atom. The van der Waals surface area contributed by atoms with Crippen LogP contribution < -0.4 is 10.1 Å². The molecule has 0 unspecified atom stereocenters. The molecule has 0 saturated heterocycles. The van der Waals surface area contributed by atoms with Crippen molar-refractivity contribution in [2.45, 2.75) is 13.5 Å². The van der Waals surface area contributed by atoms with Crippen LogP contribution in [0.2, 0.25) is 0 Å². The smallest absolute Gasteiger partial charge is 0.387 e. The Bertz CT molecular complexity index is 717. The monoisotopic (exact) mass is 335 g/mol. The number of hydrogen-bond acceptors (Lipinski definition) is 4. The van der Waals surface area contributed by atoms with Gasteiger partial charge in [-0.3, -0.25) is 4.79 Å². The van der Waals surface area contributed by atoms with Gasteiger partial charge in [-0.25, -0.2) is 4.79 Å². The van der Waals surface area contributed by atoms with Gasteiger partial charge in [-0.05, 0) is 42.8 Å². The first kappa shape index (κ1) is 17.4. The predicted octanol–water partition coefficient (Wildman–Crippen LogP) is 3.39. The molecule has 0 atom stereocenters. The van der Waals surface area contributed by atoms with Gasteiger partial charge in [-0.15, -0.1) is 0 Å². The van der Waals surface area contributed by atoms with Crippen molar-refractivity contribution in [3.63, 3.8) is 0 Å². The van der Waals surface area contributed by atoms with E-state index >= 15 is 0 Å². The third kappa shape index (κ3) is 5.05. The van der Waals surface area contributed by atoms with Gasteiger partial charge in [0.15, 0.2) is 6.61 Å². The average molecular weight is 335 g/mol. The van der Waals surface area contributed by atoms with Gasteiger partial charge in [0.1, 0.15) is 5.75 Å². The molecule has 0 radical (unpaired) electrons.